The summed E-state index contributed by atoms with van der Waals surface area (Å²) in [5.41, 5.74) is 2.65. The molecule has 0 aliphatic heterocycles. The van der Waals surface area contributed by atoms with Crippen molar-refractivity contribution < 1.29 is 10.2 Å². The van der Waals surface area contributed by atoms with E-state index in [4.69, 9.17) is 0 Å². The average Bonchev–Trinajstić information content (AvgIpc) is 2.96. The number of allylic oxidation sites excluding steroid dienone is 1. The molecule has 0 aromatic carbocycles. The Morgan fingerprint density at radius 1 is 0.812 bits per heavy atom. The van der Waals surface area contributed by atoms with Gasteiger partial charge in [0.15, 0.2) is 0 Å². The van der Waals surface area contributed by atoms with Crippen LogP contribution in [0.4, 0.5) is 0 Å². The Labute approximate surface area is 197 Å². The third kappa shape index (κ3) is 2.66. The van der Waals surface area contributed by atoms with Crippen molar-refractivity contribution in [1.82, 2.24) is 0 Å². The van der Waals surface area contributed by atoms with Gasteiger partial charge in [0.05, 0.1) is 12.2 Å². The molecule has 5 aliphatic carbocycles. The SMILES string of the molecule is CC(C)[C@H]1[C@H](O)C[C@@H]2[C@]1(C)CC[C@]1(C)[C@H]3C(=CC[C@@]21C)[C@@]1(C)CCCC(C)(C)[C@H]1C[C@@H]3O. The van der Waals surface area contributed by atoms with E-state index in [0.717, 1.165) is 19.3 Å². The molecule has 0 aromatic heterocycles. The van der Waals surface area contributed by atoms with Gasteiger partial charge in [-0.1, -0.05) is 73.5 Å². The van der Waals surface area contributed by atoms with Gasteiger partial charge in [-0.3, -0.25) is 0 Å². The van der Waals surface area contributed by atoms with Gasteiger partial charge in [-0.2, -0.15) is 0 Å². The maximum atomic E-state index is 11.8. The highest BCUT2D eigenvalue weighted by Crippen LogP contribution is 2.76. The molecule has 0 heterocycles. The van der Waals surface area contributed by atoms with Crippen molar-refractivity contribution in [2.45, 2.75) is 119 Å². The fourth-order valence-electron chi connectivity index (χ4n) is 11.4. The van der Waals surface area contributed by atoms with Crippen molar-refractivity contribution in [3.05, 3.63) is 11.6 Å². The van der Waals surface area contributed by atoms with E-state index in [0.29, 0.717) is 29.1 Å². The number of aliphatic hydroxyl groups excluding tert-OH is 2. The van der Waals surface area contributed by atoms with Crippen LogP contribution in [-0.4, -0.2) is 22.4 Å². The molecule has 2 heteroatoms. The quantitative estimate of drug-likeness (QED) is 0.429. The van der Waals surface area contributed by atoms with E-state index >= 15 is 0 Å². The maximum absolute atomic E-state index is 11.8. The van der Waals surface area contributed by atoms with Gasteiger partial charge in [0.2, 0.25) is 0 Å². The normalized spacial score (nSPS) is 56.7. The summed E-state index contributed by atoms with van der Waals surface area (Å²) in [6, 6.07) is 0. The molecule has 5 rings (SSSR count). The number of hydrogen-bond donors (Lipinski definition) is 2. The smallest absolute Gasteiger partial charge is 0.0614 e. The maximum Gasteiger partial charge on any atom is 0.0614 e. The molecule has 0 spiro atoms. The molecule has 10 atom stereocenters. The van der Waals surface area contributed by atoms with E-state index in [1.807, 2.05) is 0 Å². The summed E-state index contributed by atoms with van der Waals surface area (Å²) in [7, 11) is 0. The van der Waals surface area contributed by atoms with Gasteiger partial charge in [-0.05, 0) is 95.7 Å². The van der Waals surface area contributed by atoms with Gasteiger partial charge in [0, 0.05) is 5.92 Å². The van der Waals surface area contributed by atoms with E-state index in [2.05, 4.69) is 61.5 Å². The van der Waals surface area contributed by atoms with E-state index in [1.165, 1.54) is 32.1 Å². The van der Waals surface area contributed by atoms with Gasteiger partial charge in [0.1, 0.15) is 0 Å². The zero-order valence-electron chi connectivity index (χ0n) is 22.2. The third-order valence-corrected chi connectivity index (χ3v) is 12.9. The highest BCUT2D eigenvalue weighted by molar-refractivity contribution is 5.34. The van der Waals surface area contributed by atoms with Gasteiger partial charge < -0.3 is 10.2 Å². The summed E-state index contributed by atoms with van der Waals surface area (Å²) in [6.07, 6.45) is 11.6. The Morgan fingerprint density at radius 2 is 1.47 bits per heavy atom. The zero-order chi connectivity index (χ0) is 23.5. The second kappa shape index (κ2) is 6.87. The van der Waals surface area contributed by atoms with Crippen LogP contribution in [0.3, 0.4) is 0 Å². The molecule has 5 aliphatic rings. The summed E-state index contributed by atoms with van der Waals surface area (Å²) in [5, 5.41) is 23.0. The molecule has 4 fully saturated rings. The number of hydrogen-bond acceptors (Lipinski definition) is 2. The Bertz CT molecular complexity index is 812. The molecular weight excluding hydrogens is 392 g/mol. The number of fused-ring (bicyclic) bond motifs is 7. The van der Waals surface area contributed by atoms with Crippen molar-refractivity contribution in [2.75, 3.05) is 0 Å². The van der Waals surface area contributed by atoms with Crippen LogP contribution >= 0.6 is 0 Å². The Morgan fingerprint density at radius 3 is 2.12 bits per heavy atom. The molecule has 32 heavy (non-hydrogen) atoms. The molecule has 0 amide bonds. The third-order valence-electron chi connectivity index (χ3n) is 12.9. The van der Waals surface area contributed by atoms with Crippen LogP contribution in [-0.2, 0) is 0 Å². The van der Waals surface area contributed by atoms with Crippen LogP contribution in [0, 0.1) is 56.7 Å². The average molecular weight is 443 g/mol. The van der Waals surface area contributed by atoms with Crippen molar-refractivity contribution >= 4 is 0 Å². The highest BCUT2D eigenvalue weighted by atomic mass is 16.3. The number of rotatable bonds is 1. The molecule has 0 saturated heterocycles. The molecule has 0 aromatic rings. The van der Waals surface area contributed by atoms with Crippen molar-refractivity contribution in [3.63, 3.8) is 0 Å². The van der Waals surface area contributed by atoms with E-state index in [-0.39, 0.29) is 39.8 Å². The summed E-state index contributed by atoms with van der Waals surface area (Å²) in [5.74, 6) is 2.33. The van der Waals surface area contributed by atoms with Gasteiger partial charge in [0.25, 0.3) is 0 Å². The minimum Gasteiger partial charge on any atom is -0.393 e. The molecule has 0 bridgehead atoms. The summed E-state index contributed by atoms with van der Waals surface area (Å²) in [6.45, 7) is 19.7. The van der Waals surface area contributed by atoms with E-state index in [9.17, 15) is 10.2 Å². The Balaban J connectivity index is 1.60. The lowest BCUT2D eigenvalue weighted by atomic mass is 9.35. The first kappa shape index (κ1) is 23.4. The predicted octanol–water partition coefficient (Wildman–Crippen LogP) is 7.00. The van der Waals surface area contributed by atoms with E-state index < -0.39 is 0 Å². The van der Waals surface area contributed by atoms with Crippen LogP contribution in [0.5, 0.6) is 0 Å². The van der Waals surface area contributed by atoms with Crippen molar-refractivity contribution in [2.24, 2.45) is 56.7 Å². The molecular formula is C30H50O2. The van der Waals surface area contributed by atoms with Gasteiger partial charge >= 0.3 is 0 Å². The largest absolute Gasteiger partial charge is 0.393 e. The summed E-state index contributed by atoms with van der Waals surface area (Å²) < 4.78 is 0. The van der Waals surface area contributed by atoms with Crippen LogP contribution in [0.1, 0.15) is 107 Å². The van der Waals surface area contributed by atoms with Crippen LogP contribution in [0.2, 0.25) is 0 Å². The second-order valence-corrected chi connectivity index (χ2v) is 14.9. The summed E-state index contributed by atoms with van der Waals surface area (Å²) >= 11 is 0. The lowest BCUT2D eigenvalue weighted by Gasteiger charge is -2.69. The fourth-order valence-corrected chi connectivity index (χ4v) is 11.4. The van der Waals surface area contributed by atoms with Gasteiger partial charge in [-0.15, -0.1) is 0 Å². The molecule has 0 unspecified atom stereocenters. The second-order valence-electron chi connectivity index (χ2n) is 14.9. The van der Waals surface area contributed by atoms with Crippen LogP contribution in [0.25, 0.3) is 0 Å². The summed E-state index contributed by atoms with van der Waals surface area (Å²) in [4.78, 5) is 0. The zero-order valence-corrected chi connectivity index (χ0v) is 22.2. The van der Waals surface area contributed by atoms with Crippen molar-refractivity contribution in [1.29, 1.82) is 0 Å². The van der Waals surface area contributed by atoms with E-state index in [1.54, 1.807) is 5.57 Å². The topological polar surface area (TPSA) is 40.5 Å². The fraction of sp³-hybridized carbons (Fsp3) is 0.933. The predicted molar refractivity (Wildman–Crippen MR) is 132 cm³/mol. The molecule has 2 nitrogen and oxygen atoms in total. The molecule has 182 valence electrons. The minimum atomic E-state index is -0.224. The molecule has 2 N–H and O–H groups in total. The molecule has 4 saturated carbocycles. The van der Waals surface area contributed by atoms with Crippen LogP contribution < -0.4 is 0 Å². The first-order valence-electron chi connectivity index (χ1n) is 13.8. The Kier molecular flexibility index (Phi) is 5.02. The Hall–Kier alpha value is -0.340. The first-order valence-corrected chi connectivity index (χ1v) is 13.8. The standard InChI is InChI=1S/C30H50O2/c1-18(2)24-20(31)17-23-28(24,6)14-15-30(8)25-19(10-13-29(23,30)7)27(5)12-9-11-26(3,4)22(27)16-21(25)32/h10,18,20-25,31-32H,9,11-17H2,1-8H3/t20-,21+,22-,23-,24+,25+,27-,28+,29+,30-/m1/s1. The van der Waals surface area contributed by atoms with Crippen molar-refractivity contribution in [3.8, 4) is 0 Å². The minimum absolute atomic E-state index is 0.113. The number of aliphatic hydroxyl groups is 2. The van der Waals surface area contributed by atoms with Gasteiger partial charge in [-0.25, -0.2) is 0 Å². The van der Waals surface area contributed by atoms with Crippen LogP contribution in [0.15, 0.2) is 11.6 Å². The lowest BCUT2D eigenvalue weighted by Crippen LogP contribution is -2.64. The highest BCUT2D eigenvalue weighted by Gasteiger charge is 2.70. The first-order chi connectivity index (χ1) is 14.7. The monoisotopic (exact) mass is 442 g/mol. The molecule has 0 radical (unpaired) electrons. The lowest BCUT2D eigenvalue weighted by molar-refractivity contribution is -0.183.